The van der Waals surface area contributed by atoms with Crippen LogP contribution in [0.25, 0.3) is 11.4 Å². The number of nitrogens with zero attached hydrogens (tertiary/aromatic N) is 3. The zero-order valence-electron chi connectivity index (χ0n) is 16.9. The van der Waals surface area contributed by atoms with Gasteiger partial charge in [0.1, 0.15) is 5.76 Å². The summed E-state index contributed by atoms with van der Waals surface area (Å²) < 4.78 is 7.04. The molecular formula is C20H21Cl2N5O3S. The molecule has 0 aliphatic carbocycles. The Kier molecular flexibility index (Phi) is 8.00. The number of rotatable bonds is 8. The first kappa shape index (κ1) is 23.2. The zero-order valence-corrected chi connectivity index (χ0v) is 19.2. The number of hydrogen-bond acceptors (Lipinski definition) is 6. The van der Waals surface area contributed by atoms with Gasteiger partial charge in [0.15, 0.2) is 11.0 Å². The van der Waals surface area contributed by atoms with E-state index >= 15 is 0 Å². The number of carbonyl (C=O) groups is 2. The minimum atomic E-state index is -0.598. The van der Waals surface area contributed by atoms with E-state index in [-0.39, 0.29) is 12.3 Å². The maximum absolute atomic E-state index is 12.2. The molecule has 1 aromatic carbocycles. The van der Waals surface area contributed by atoms with Crippen molar-refractivity contribution in [2.75, 3.05) is 5.75 Å². The molecule has 0 bridgehead atoms. The standard InChI is InChI=1S/C20H21Cl2N5O3S/c1-12(2)10-27-18(15-6-5-13(21)8-16(15)22)25-26-20(27)31-11-17(28)24-19(29)23-9-14-4-3-7-30-14/h3-8,12H,9-11H2,1-2H3,(H2,23,24,28,29). The van der Waals surface area contributed by atoms with Crippen LogP contribution in [0.3, 0.4) is 0 Å². The van der Waals surface area contributed by atoms with E-state index in [1.54, 1.807) is 30.3 Å². The SMILES string of the molecule is CC(C)Cn1c(SCC(=O)NC(=O)NCc2ccco2)nnc1-c1ccc(Cl)cc1Cl. The van der Waals surface area contributed by atoms with Crippen LogP contribution in [0, 0.1) is 5.92 Å². The molecule has 164 valence electrons. The van der Waals surface area contributed by atoms with E-state index in [1.165, 1.54) is 18.0 Å². The fourth-order valence-corrected chi connectivity index (χ4v) is 3.95. The maximum atomic E-state index is 12.2. The number of urea groups is 1. The van der Waals surface area contributed by atoms with Crippen LogP contribution in [-0.4, -0.2) is 32.5 Å². The van der Waals surface area contributed by atoms with Crippen molar-refractivity contribution in [2.24, 2.45) is 5.92 Å². The van der Waals surface area contributed by atoms with Crippen molar-refractivity contribution in [1.29, 1.82) is 0 Å². The summed E-state index contributed by atoms with van der Waals surface area (Å²) in [6.07, 6.45) is 1.51. The van der Waals surface area contributed by atoms with Gasteiger partial charge in [-0.1, -0.05) is 48.8 Å². The predicted molar refractivity (Wildman–Crippen MR) is 120 cm³/mol. The predicted octanol–water partition coefficient (Wildman–Crippen LogP) is 4.62. The molecule has 0 saturated carbocycles. The summed E-state index contributed by atoms with van der Waals surface area (Å²) in [6, 6.07) is 8.02. The number of hydrogen-bond donors (Lipinski definition) is 2. The lowest BCUT2D eigenvalue weighted by molar-refractivity contribution is -0.117. The quantitative estimate of drug-likeness (QED) is 0.455. The molecule has 2 N–H and O–H groups in total. The van der Waals surface area contributed by atoms with Gasteiger partial charge in [0.2, 0.25) is 5.91 Å². The van der Waals surface area contributed by atoms with Crippen LogP contribution in [0.4, 0.5) is 4.79 Å². The van der Waals surface area contributed by atoms with Crippen molar-refractivity contribution in [3.63, 3.8) is 0 Å². The van der Waals surface area contributed by atoms with E-state index in [2.05, 4.69) is 34.7 Å². The van der Waals surface area contributed by atoms with Crippen LogP contribution in [-0.2, 0) is 17.9 Å². The molecule has 3 rings (SSSR count). The third kappa shape index (κ3) is 6.49. The lowest BCUT2D eigenvalue weighted by atomic mass is 10.2. The zero-order chi connectivity index (χ0) is 22.4. The molecule has 3 aromatic rings. The molecular weight excluding hydrogens is 461 g/mol. The summed E-state index contributed by atoms with van der Waals surface area (Å²) in [6.45, 7) is 4.96. The monoisotopic (exact) mass is 481 g/mol. The van der Waals surface area contributed by atoms with Crippen LogP contribution >= 0.6 is 35.0 Å². The molecule has 0 aliphatic rings. The fraction of sp³-hybridized carbons (Fsp3) is 0.300. The highest BCUT2D eigenvalue weighted by molar-refractivity contribution is 7.99. The van der Waals surface area contributed by atoms with Crippen molar-refractivity contribution >= 4 is 46.9 Å². The van der Waals surface area contributed by atoms with Gasteiger partial charge in [-0.3, -0.25) is 10.1 Å². The van der Waals surface area contributed by atoms with Gasteiger partial charge in [0.05, 0.1) is 23.6 Å². The summed E-state index contributed by atoms with van der Waals surface area (Å²) in [4.78, 5) is 24.1. The molecule has 0 spiro atoms. The second-order valence-electron chi connectivity index (χ2n) is 7.03. The fourth-order valence-electron chi connectivity index (χ4n) is 2.71. The second kappa shape index (κ2) is 10.7. The molecule has 0 fully saturated rings. The minimum Gasteiger partial charge on any atom is -0.467 e. The third-order valence-electron chi connectivity index (χ3n) is 4.03. The maximum Gasteiger partial charge on any atom is 0.321 e. The smallest absolute Gasteiger partial charge is 0.321 e. The van der Waals surface area contributed by atoms with E-state index in [0.717, 1.165) is 0 Å². The van der Waals surface area contributed by atoms with Crippen LogP contribution in [0.5, 0.6) is 0 Å². The van der Waals surface area contributed by atoms with Gasteiger partial charge in [-0.2, -0.15) is 0 Å². The third-order valence-corrected chi connectivity index (χ3v) is 5.54. The number of aromatic nitrogens is 3. The highest BCUT2D eigenvalue weighted by Crippen LogP contribution is 2.31. The molecule has 0 aliphatic heterocycles. The van der Waals surface area contributed by atoms with Gasteiger partial charge < -0.3 is 14.3 Å². The first-order chi connectivity index (χ1) is 14.8. The molecule has 11 heteroatoms. The van der Waals surface area contributed by atoms with E-state index in [0.29, 0.717) is 44.8 Å². The number of carbonyl (C=O) groups excluding carboxylic acids is 2. The molecule has 3 amide bonds. The summed E-state index contributed by atoms with van der Waals surface area (Å²) in [5.74, 6) is 1.04. The second-order valence-corrected chi connectivity index (χ2v) is 8.82. The molecule has 8 nitrogen and oxygen atoms in total. The molecule has 2 heterocycles. The Hall–Kier alpha value is -2.49. The lowest BCUT2D eigenvalue weighted by Crippen LogP contribution is -2.39. The summed E-state index contributed by atoms with van der Waals surface area (Å²) >= 11 is 13.5. The lowest BCUT2D eigenvalue weighted by Gasteiger charge is -2.13. The Labute approximate surface area is 193 Å². The van der Waals surface area contributed by atoms with Gasteiger partial charge in [-0.15, -0.1) is 10.2 Å². The number of nitrogens with one attached hydrogen (secondary N) is 2. The number of halogens is 2. The molecule has 0 atom stereocenters. The summed E-state index contributed by atoms with van der Waals surface area (Å²) in [5.41, 5.74) is 0.702. The van der Waals surface area contributed by atoms with Gasteiger partial charge in [-0.25, -0.2) is 4.79 Å². The van der Waals surface area contributed by atoms with Crippen molar-refractivity contribution in [3.8, 4) is 11.4 Å². The minimum absolute atomic E-state index is 0.00124. The topological polar surface area (TPSA) is 102 Å². The first-order valence-corrected chi connectivity index (χ1v) is 11.2. The average molecular weight is 482 g/mol. The molecule has 31 heavy (non-hydrogen) atoms. The van der Waals surface area contributed by atoms with E-state index in [1.807, 2.05) is 4.57 Å². The Morgan fingerprint density at radius 3 is 2.71 bits per heavy atom. The number of imide groups is 1. The Balaban J connectivity index is 1.64. The van der Waals surface area contributed by atoms with Gasteiger partial charge >= 0.3 is 6.03 Å². The van der Waals surface area contributed by atoms with E-state index in [4.69, 9.17) is 27.6 Å². The Morgan fingerprint density at radius 1 is 1.23 bits per heavy atom. The van der Waals surface area contributed by atoms with E-state index in [9.17, 15) is 9.59 Å². The Bertz CT molecular complexity index is 1050. The highest BCUT2D eigenvalue weighted by atomic mass is 35.5. The normalized spacial score (nSPS) is 11.0. The number of benzene rings is 1. The molecule has 2 aromatic heterocycles. The largest absolute Gasteiger partial charge is 0.467 e. The first-order valence-electron chi connectivity index (χ1n) is 9.45. The number of thioether (sulfide) groups is 1. The highest BCUT2D eigenvalue weighted by Gasteiger charge is 2.19. The van der Waals surface area contributed by atoms with Crippen LogP contribution in [0.2, 0.25) is 10.0 Å². The van der Waals surface area contributed by atoms with Gasteiger partial charge in [-0.05, 0) is 36.2 Å². The van der Waals surface area contributed by atoms with Crippen LogP contribution in [0.1, 0.15) is 19.6 Å². The van der Waals surface area contributed by atoms with Crippen molar-refractivity contribution in [1.82, 2.24) is 25.4 Å². The van der Waals surface area contributed by atoms with Gasteiger partial charge in [0.25, 0.3) is 0 Å². The summed E-state index contributed by atoms with van der Waals surface area (Å²) in [7, 11) is 0. The molecule has 0 unspecified atom stereocenters. The molecule has 0 radical (unpaired) electrons. The average Bonchev–Trinajstić information content (AvgIpc) is 3.35. The molecule has 0 saturated heterocycles. The van der Waals surface area contributed by atoms with E-state index < -0.39 is 11.9 Å². The van der Waals surface area contributed by atoms with Crippen LogP contribution < -0.4 is 10.6 Å². The number of furan rings is 1. The summed E-state index contributed by atoms with van der Waals surface area (Å²) in [5, 5.41) is 14.9. The van der Waals surface area contributed by atoms with Crippen molar-refractivity contribution in [3.05, 3.63) is 52.4 Å². The van der Waals surface area contributed by atoms with Crippen LogP contribution in [0.15, 0.2) is 46.2 Å². The van der Waals surface area contributed by atoms with Gasteiger partial charge in [0, 0.05) is 17.1 Å². The van der Waals surface area contributed by atoms with Crippen molar-refractivity contribution < 1.29 is 14.0 Å². The number of amides is 3. The Morgan fingerprint density at radius 2 is 2.03 bits per heavy atom. The van der Waals surface area contributed by atoms with Crippen molar-refractivity contribution in [2.45, 2.75) is 32.1 Å².